The Morgan fingerprint density at radius 3 is 3.00 bits per heavy atom. The summed E-state index contributed by atoms with van der Waals surface area (Å²) < 4.78 is 5.62. The molecule has 0 spiro atoms. The number of aliphatic hydroxyl groups is 1. The van der Waals surface area contributed by atoms with Gasteiger partial charge in [-0.3, -0.25) is 4.90 Å². The lowest BCUT2D eigenvalue weighted by Crippen LogP contribution is -2.47. The van der Waals surface area contributed by atoms with Crippen LogP contribution in [0.1, 0.15) is 26.7 Å². The van der Waals surface area contributed by atoms with Gasteiger partial charge in [-0.2, -0.15) is 0 Å². The van der Waals surface area contributed by atoms with E-state index in [1.807, 2.05) is 0 Å². The summed E-state index contributed by atoms with van der Waals surface area (Å²) in [5, 5.41) is 9.26. The molecule has 0 aliphatic carbocycles. The Labute approximate surface area is 79.7 Å². The summed E-state index contributed by atoms with van der Waals surface area (Å²) in [7, 11) is 0. The smallest absolute Gasteiger partial charge is 0.105 e. The summed E-state index contributed by atoms with van der Waals surface area (Å²) in [5.74, 6) is 0. The van der Waals surface area contributed by atoms with Gasteiger partial charge in [0.15, 0.2) is 0 Å². The van der Waals surface area contributed by atoms with Crippen LogP contribution >= 0.6 is 0 Å². The number of morpholine rings is 1. The van der Waals surface area contributed by atoms with Crippen molar-refractivity contribution in [3.05, 3.63) is 0 Å². The molecule has 0 amide bonds. The minimum absolute atomic E-state index is 0.177. The summed E-state index contributed by atoms with van der Waals surface area (Å²) in [4.78, 5) is 2.49. The first-order chi connectivity index (χ1) is 6.21. The largest absolute Gasteiger partial charge is 0.393 e. The lowest BCUT2D eigenvalue weighted by molar-refractivity contribution is -0.0803. The first-order valence-electron chi connectivity index (χ1n) is 5.21. The normalized spacial score (nSPS) is 41.3. The average molecular weight is 185 g/mol. The highest BCUT2D eigenvalue weighted by molar-refractivity contribution is 5.03. The van der Waals surface area contributed by atoms with Crippen molar-refractivity contribution in [1.29, 1.82) is 0 Å². The number of aliphatic hydroxyl groups excluding tert-OH is 1. The molecule has 2 bridgehead atoms. The van der Waals surface area contributed by atoms with Crippen LogP contribution in [0.2, 0.25) is 0 Å². The molecule has 2 rings (SSSR count). The van der Waals surface area contributed by atoms with Crippen LogP contribution in [-0.2, 0) is 4.74 Å². The summed E-state index contributed by atoms with van der Waals surface area (Å²) in [6.45, 7) is 6.37. The molecule has 2 heterocycles. The molecule has 0 radical (unpaired) electrons. The molecule has 3 unspecified atom stereocenters. The minimum Gasteiger partial charge on any atom is -0.393 e. The monoisotopic (exact) mass is 185 g/mol. The van der Waals surface area contributed by atoms with Crippen molar-refractivity contribution in [3.63, 3.8) is 0 Å². The number of hydrogen-bond acceptors (Lipinski definition) is 3. The Kier molecular flexibility index (Phi) is 2.34. The number of likely N-dealkylation sites (tertiary alicyclic amines) is 1. The standard InChI is InChI=1S/C10H19NO2/c1-3-8(2)11-6-10(7-12)4-9(11)5-13-10/h8-9,12H,3-7H2,1-2H3. The van der Waals surface area contributed by atoms with E-state index in [0.717, 1.165) is 19.6 Å². The second-order valence-corrected chi connectivity index (χ2v) is 4.44. The molecular weight excluding hydrogens is 166 g/mol. The van der Waals surface area contributed by atoms with E-state index in [2.05, 4.69) is 18.7 Å². The molecule has 0 aromatic carbocycles. The molecule has 3 heteroatoms. The number of rotatable bonds is 3. The van der Waals surface area contributed by atoms with Crippen molar-refractivity contribution in [2.75, 3.05) is 19.8 Å². The fourth-order valence-electron chi connectivity index (χ4n) is 2.52. The van der Waals surface area contributed by atoms with Gasteiger partial charge in [-0.25, -0.2) is 0 Å². The van der Waals surface area contributed by atoms with E-state index in [1.165, 1.54) is 6.42 Å². The maximum atomic E-state index is 9.26. The molecule has 2 aliphatic heterocycles. The predicted molar refractivity (Wildman–Crippen MR) is 50.6 cm³/mol. The third-order valence-electron chi connectivity index (χ3n) is 3.57. The van der Waals surface area contributed by atoms with Gasteiger partial charge in [0.25, 0.3) is 0 Å². The van der Waals surface area contributed by atoms with E-state index in [1.54, 1.807) is 0 Å². The quantitative estimate of drug-likeness (QED) is 0.699. The summed E-state index contributed by atoms with van der Waals surface area (Å²) in [6.07, 6.45) is 2.20. The second-order valence-electron chi connectivity index (χ2n) is 4.44. The van der Waals surface area contributed by atoms with Gasteiger partial charge in [-0.05, 0) is 19.8 Å². The summed E-state index contributed by atoms with van der Waals surface area (Å²) in [5.41, 5.74) is -0.214. The van der Waals surface area contributed by atoms with Crippen LogP contribution in [0.25, 0.3) is 0 Å². The molecule has 76 valence electrons. The van der Waals surface area contributed by atoms with Crippen molar-refractivity contribution in [2.45, 2.75) is 44.4 Å². The average Bonchev–Trinajstić information content (AvgIpc) is 2.74. The summed E-state index contributed by atoms with van der Waals surface area (Å²) in [6, 6.07) is 1.18. The summed E-state index contributed by atoms with van der Waals surface area (Å²) >= 11 is 0. The lowest BCUT2D eigenvalue weighted by atomic mass is 10.1. The number of nitrogens with zero attached hydrogens (tertiary/aromatic N) is 1. The van der Waals surface area contributed by atoms with E-state index in [-0.39, 0.29) is 12.2 Å². The zero-order valence-electron chi connectivity index (χ0n) is 8.49. The van der Waals surface area contributed by atoms with E-state index in [9.17, 15) is 5.11 Å². The Morgan fingerprint density at radius 2 is 2.46 bits per heavy atom. The second kappa shape index (κ2) is 3.23. The van der Waals surface area contributed by atoms with Gasteiger partial charge in [0.1, 0.15) is 5.60 Å². The van der Waals surface area contributed by atoms with Crippen LogP contribution in [0.3, 0.4) is 0 Å². The highest BCUT2D eigenvalue weighted by Crippen LogP contribution is 2.38. The van der Waals surface area contributed by atoms with Gasteiger partial charge < -0.3 is 9.84 Å². The molecule has 3 nitrogen and oxygen atoms in total. The molecule has 0 saturated carbocycles. The van der Waals surface area contributed by atoms with Crippen molar-refractivity contribution in [3.8, 4) is 0 Å². The van der Waals surface area contributed by atoms with E-state index in [0.29, 0.717) is 12.1 Å². The third kappa shape index (κ3) is 1.39. The Bertz CT molecular complexity index is 197. The van der Waals surface area contributed by atoms with Crippen LogP contribution < -0.4 is 0 Å². The Balaban J connectivity index is 2.05. The maximum absolute atomic E-state index is 9.26. The Hall–Kier alpha value is -0.120. The first kappa shape index (κ1) is 9.44. The number of ether oxygens (including phenoxy) is 1. The van der Waals surface area contributed by atoms with Gasteiger partial charge in [-0.15, -0.1) is 0 Å². The zero-order chi connectivity index (χ0) is 9.47. The van der Waals surface area contributed by atoms with Gasteiger partial charge in [0.05, 0.1) is 13.2 Å². The molecule has 2 fully saturated rings. The van der Waals surface area contributed by atoms with Gasteiger partial charge in [-0.1, -0.05) is 6.92 Å². The Morgan fingerprint density at radius 1 is 1.69 bits per heavy atom. The first-order valence-corrected chi connectivity index (χ1v) is 5.21. The SMILES string of the molecule is CCC(C)N1CC2(CO)CC1CO2. The van der Waals surface area contributed by atoms with Crippen molar-refractivity contribution >= 4 is 0 Å². The van der Waals surface area contributed by atoms with E-state index < -0.39 is 0 Å². The highest BCUT2D eigenvalue weighted by atomic mass is 16.5. The number of hydrogen-bond donors (Lipinski definition) is 1. The van der Waals surface area contributed by atoms with Gasteiger partial charge in [0.2, 0.25) is 0 Å². The fourth-order valence-corrected chi connectivity index (χ4v) is 2.52. The molecule has 1 N–H and O–H groups in total. The molecule has 3 atom stereocenters. The van der Waals surface area contributed by atoms with Gasteiger partial charge in [0, 0.05) is 18.6 Å². The topological polar surface area (TPSA) is 32.7 Å². The van der Waals surface area contributed by atoms with Crippen LogP contribution in [0.4, 0.5) is 0 Å². The molecule has 2 saturated heterocycles. The van der Waals surface area contributed by atoms with Crippen molar-refractivity contribution < 1.29 is 9.84 Å². The lowest BCUT2D eigenvalue weighted by Gasteiger charge is -2.35. The molecular formula is C10H19NO2. The third-order valence-corrected chi connectivity index (χ3v) is 3.57. The van der Waals surface area contributed by atoms with E-state index in [4.69, 9.17) is 4.74 Å². The van der Waals surface area contributed by atoms with Crippen LogP contribution in [-0.4, -0.2) is 47.4 Å². The fraction of sp³-hybridized carbons (Fsp3) is 1.00. The zero-order valence-corrected chi connectivity index (χ0v) is 8.49. The molecule has 2 aliphatic rings. The van der Waals surface area contributed by atoms with Crippen LogP contribution in [0, 0.1) is 0 Å². The van der Waals surface area contributed by atoms with Crippen LogP contribution in [0.5, 0.6) is 0 Å². The predicted octanol–water partition coefficient (Wildman–Crippen LogP) is 0.620. The highest BCUT2D eigenvalue weighted by Gasteiger charge is 2.51. The van der Waals surface area contributed by atoms with E-state index >= 15 is 0 Å². The number of fused-ring (bicyclic) bond motifs is 2. The van der Waals surface area contributed by atoms with Crippen molar-refractivity contribution in [2.24, 2.45) is 0 Å². The van der Waals surface area contributed by atoms with Crippen LogP contribution in [0.15, 0.2) is 0 Å². The molecule has 0 aromatic heterocycles. The van der Waals surface area contributed by atoms with Crippen molar-refractivity contribution in [1.82, 2.24) is 4.90 Å². The minimum atomic E-state index is -0.214. The molecule has 13 heavy (non-hydrogen) atoms. The molecule has 0 aromatic rings. The maximum Gasteiger partial charge on any atom is 0.105 e. The van der Waals surface area contributed by atoms with Gasteiger partial charge >= 0.3 is 0 Å².